The molecule has 1 aromatic carbocycles. The Bertz CT molecular complexity index is 496. The summed E-state index contributed by atoms with van der Waals surface area (Å²) in [5.74, 6) is 0.115. The Morgan fingerprint density at radius 3 is 2.32 bits per heavy atom. The number of nitrogens with zero attached hydrogens (tertiary/aromatic N) is 1. The van der Waals surface area contributed by atoms with Crippen LogP contribution in [0.2, 0.25) is 0 Å². The van der Waals surface area contributed by atoms with Crippen LogP contribution >= 0.6 is 12.4 Å². The molecular weight excluding hydrogens is 300 g/mol. The number of benzene rings is 1. The number of carbonyl (C=O) groups excluding carboxylic acids is 2. The van der Waals surface area contributed by atoms with Crippen LogP contribution in [0.1, 0.15) is 41.6 Å². The Labute approximate surface area is 138 Å². The van der Waals surface area contributed by atoms with Crippen molar-refractivity contribution in [1.82, 2.24) is 10.2 Å². The van der Waals surface area contributed by atoms with Gasteiger partial charge in [0.25, 0.3) is 0 Å². The Morgan fingerprint density at radius 2 is 1.73 bits per heavy atom. The lowest BCUT2D eigenvalue weighted by Gasteiger charge is -2.31. The fraction of sp³-hybridized carbons (Fsp3) is 0.529. The van der Waals surface area contributed by atoms with E-state index in [9.17, 15) is 9.59 Å². The van der Waals surface area contributed by atoms with E-state index in [1.807, 2.05) is 43.1 Å². The first-order valence-electron chi connectivity index (χ1n) is 7.64. The van der Waals surface area contributed by atoms with Gasteiger partial charge in [0.1, 0.15) is 0 Å². The van der Waals surface area contributed by atoms with E-state index in [0.29, 0.717) is 18.0 Å². The first-order valence-corrected chi connectivity index (χ1v) is 7.64. The van der Waals surface area contributed by atoms with Gasteiger partial charge in [0, 0.05) is 31.5 Å². The van der Waals surface area contributed by atoms with E-state index >= 15 is 0 Å². The van der Waals surface area contributed by atoms with Crippen molar-refractivity contribution in [1.29, 1.82) is 0 Å². The summed E-state index contributed by atoms with van der Waals surface area (Å²) >= 11 is 0. The fourth-order valence-corrected chi connectivity index (χ4v) is 2.68. The van der Waals surface area contributed by atoms with Crippen molar-refractivity contribution in [3.05, 3.63) is 35.4 Å². The van der Waals surface area contributed by atoms with Gasteiger partial charge >= 0.3 is 0 Å². The molecule has 1 saturated heterocycles. The fourth-order valence-electron chi connectivity index (χ4n) is 2.68. The summed E-state index contributed by atoms with van der Waals surface area (Å²) in [5.41, 5.74) is 1.83. The molecule has 0 atom stereocenters. The molecule has 0 saturated carbocycles. The molecule has 4 nitrogen and oxygen atoms in total. The molecule has 0 radical (unpaired) electrons. The summed E-state index contributed by atoms with van der Waals surface area (Å²) in [5, 5.41) is 3.29. The summed E-state index contributed by atoms with van der Waals surface area (Å²) in [4.78, 5) is 26.1. The molecule has 2 rings (SSSR count). The van der Waals surface area contributed by atoms with Crippen LogP contribution in [0, 0.1) is 6.92 Å². The number of amides is 1. The number of hydrogen-bond acceptors (Lipinski definition) is 3. The van der Waals surface area contributed by atoms with Gasteiger partial charge in [0.2, 0.25) is 5.91 Å². The highest BCUT2D eigenvalue weighted by atomic mass is 35.5. The number of hydrogen-bond donors (Lipinski definition) is 1. The SMILES string of the molecule is Cc1ccc(C(=O)CCC(=O)N(C)C2CCNCC2)cc1.Cl. The molecule has 122 valence electrons. The maximum absolute atomic E-state index is 12.2. The van der Waals surface area contributed by atoms with Gasteiger partial charge in [-0.1, -0.05) is 29.8 Å². The number of rotatable bonds is 5. The lowest BCUT2D eigenvalue weighted by molar-refractivity contribution is -0.132. The van der Waals surface area contributed by atoms with E-state index in [1.54, 1.807) is 0 Å². The van der Waals surface area contributed by atoms with Crippen molar-refractivity contribution in [3.63, 3.8) is 0 Å². The minimum atomic E-state index is 0. The standard InChI is InChI=1S/C17H24N2O2.ClH/c1-13-3-5-14(6-4-13)16(20)7-8-17(21)19(2)15-9-11-18-12-10-15;/h3-6,15,18H,7-12H2,1-2H3;1H. The summed E-state index contributed by atoms with van der Waals surface area (Å²) in [6, 6.07) is 7.83. The van der Waals surface area contributed by atoms with Gasteiger partial charge in [0.05, 0.1) is 0 Å². The van der Waals surface area contributed by atoms with Crippen molar-refractivity contribution < 1.29 is 9.59 Å². The first kappa shape index (κ1) is 18.7. The molecule has 1 aliphatic heterocycles. The minimum absolute atomic E-state index is 0. The van der Waals surface area contributed by atoms with E-state index in [1.165, 1.54) is 0 Å². The summed E-state index contributed by atoms with van der Waals surface area (Å²) in [6.07, 6.45) is 2.58. The molecule has 1 fully saturated rings. The summed E-state index contributed by atoms with van der Waals surface area (Å²) < 4.78 is 0. The summed E-state index contributed by atoms with van der Waals surface area (Å²) in [6.45, 7) is 3.92. The highest BCUT2D eigenvalue weighted by Crippen LogP contribution is 2.13. The molecule has 1 aliphatic rings. The lowest BCUT2D eigenvalue weighted by atomic mass is 10.0. The van der Waals surface area contributed by atoms with Crippen LogP contribution in [0.25, 0.3) is 0 Å². The predicted octanol–water partition coefficient (Wildman–Crippen LogP) is 2.59. The number of aryl methyl sites for hydroxylation is 1. The molecule has 1 heterocycles. The third kappa shape index (κ3) is 5.11. The second-order valence-corrected chi connectivity index (χ2v) is 5.78. The van der Waals surface area contributed by atoms with Crippen LogP contribution in [-0.2, 0) is 4.79 Å². The molecule has 0 aromatic heterocycles. The zero-order valence-electron chi connectivity index (χ0n) is 13.3. The number of carbonyl (C=O) groups is 2. The maximum atomic E-state index is 12.2. The number of piperidine rings is 1. The van der Waals surface area contributed by atoms with Gasteiger partial charge in [-0.25, -0.2) is 0 Å². The molecule has 1 amide bonds. The quantitative estimate of drug-likeness (QED) is 0.847. The number of nitrogens with one attached hydrogen (secondary N) is 1. The molecule has 0 aliphatic carbocycles. The molecule has 1 N–H and O–H groups in total. The monoisotopic (exact) mass is 324 g/mol. The highest BCUT2D eigenvalue weighted by molar-refractivity contribution is 5.97. The van der Waals surface area contributed by atoms with Crippen LogP contribution < -0.4 is 5.32 Å². The average molecular weight is 325 g/mol. The lowest BCUT2D eigenvalue weighted by Crippen LogP contribution is -2.44. The van der Waals surface area contributed by atoms with Gasteiger partial charge in [-0.05, 0) is 32.9 Å². The Kier molecular flexibility index (Phi) is 7.56. The Morgan fingerprint density at radius 1 is 1.14 bits per heavy atom. The normalized spacial score (nSPS) is 15.0. The number of Topliss-reactive ketones (excluding diaryl/α,β-unsaturated/α-hetero) is 1. The van der Waals surface area contributed by atoms with E-state index in [4.69, 9.17) is 0 Å². The largest absolute Gasteiger partial charge is 0.343 e. The second-order valence-electron chi connectivity index (χ2n) is 5.78. The van der Waals surface area contributed by atoms with E-state index in [-0.39, 0.29) is 30.5 Å². The number of halogens is 1. The van der Waals surface area contributed by atoms with Crippen molar-refractivity contribution in [2.24, 2.45) is 0 Å². The van der Waals surface area contributed by atoms with Crippen LogP contribution in [0.5, 0.6) is 0 Å². The third-order valence-corrected chi connectivity index (χ3v) is 4.19. The Balaban J connectivity index is 0.00000242. The smallest absolute Gasteiger partial charge is 0.223 e. The first-order chi connectivity index (χ1) is 10.1. The zero-order chi connectivity index (χ0) is 15.2. The Hall–Kier alpha value is -1.39. The van der Waals surface area contributed by atoms with Crippen molar-refractivity contribution in [2.75, 3.05) is 20.1 Å². The van der Waals surface area contributed by atoms with Crippen molar-refractivity contribution >= 4 is 24.1 Å². The van der Waals surface area contributed by atoms with E-state index in [0.717, 1.165) is 31.5 Å². The molecule has 1 aromatic rings. The third-order valence-electron chi connectivity index (χ3n) is 4.19. The molecule has 0 unspecified atom stereocenters. The number of ketones is 1. The van der Waals surface area contributed by atoms with E-state index < -0.39 is 0 Å². The van der Waals surface area contributed by atoms with Crippen molar-refractivity contribution in [3.8, 4) is 0 Å². The van der Waals surface area contributed by atoms with Crippen LogP contribution in [-0.4, -0.2) is 42.8 Å². The van der Waals surface area contributed by atoms with Gasteiger partial charge in [-0.2, -0.15) is 0 Å². The molecular formula is C17H25ClN2O2. The van der Waals surface area contributed by atoms with Gasteiger partial charge in [-0.15, -0.1) is 12.4 Å². The minimum Gasteiger partial charge on any atom is -0.343 e. The molecule has 5 heteroatoms. The zero-order valence-corrected chi connectivity index (χ0v) is 14.1. The maximum Gasteiger partial charge on any atom is 0.223 e. The van der Waals surface area contributed by atoms with Crippen molar-refractivity contribution in [2.45, 2.75) is 38.6 Å². The van der Waals surface area contributed by atoms with Gasteiger partial charge < -0.3 is 10.2 Å². The molecule has 0 spiro atoms. The van der Waals surface area contributed by atoms with E-state index in [2.05, 4.69) is 5.32 Å². The van der Waals surface area contributed by atoms with Crippen LogP contribution in [0.3, 0.4) is 0 Å². The topological polar surface area (TPSA) is 49.4 Å². The van der Waals surface area contributed by atoms with Gasteiger partial charge in [0.15, 0.2) is 5.78 Å². The molecule has 0 bridgehead atoms. The molecule has 22 heavy (non-hydrogen) atoms. The van der Waals surface area contributed by atoms with Crippen LogP contribution in [0.15, 0.2) is 24.3 Å². The van der Waals surface area contributed by atoms with Gasteiger partial charge in [-0.3, -0.25) is 9.59 Å². The highest BCUT2D eigenvalue weighted by Gasteiger charge is 2.22. The van der Waals surface area contributed by atoms with Crippen LogP contribution in [0.4, 0.5) is 0 Å². The second kappa shape index (κ2) is 8.91. The summed E-state index contributed by atoms with van der Waals surface area (Å²) in [7, 11) is 1.86. The average Bonchev–Trinajstić information content (AvgIpc) is 2.53. The predicted molar refractivity (Wildman–Crippen MR) is 90.7 cm³/mol.